The molecule has 1 aliphatic rings. The van der Waals surface area contributed by atoms with Gasteiger partial charge in [-0.3, -0.25) is 0 Å². The zero-order chi connectivity index (χ0) is 11.4. The summed E-state index contributed by atoms with van der Waals surface area (Å²) in [5.74, 6) is 1.58. The normalized spacial score (nSPS) is 20.9. The minimum absolute atomic E-state index is 0.508. The van der Waals surface area contributed by atoms with Gasteiger partial charge >= 0.3 is 0 Å². The SMILES string of the molecule is CCC1CNCCN1c1cc(OC)ncn1. The van der Waals surface area contributed by atoms with Gasteiger partial charge in [0.05, 0.1) is 7.11 Å². The molecule has 1 N–H and O–H groups in total. The third-order valence-corrected chi connectivity index (χ3v) is 2.95. The molecule has 0 saturated carbocycles. The van der Waals surface area contributed by atoms with E-state index in [1.807, 2.05) is 6.07 Å². The standard InChI is InChI=1S/C11H18N4O/c1-3-9-7-12-4-5-15(9)10-6-11(16-2)14-8-13-10/h6,8-9,12H,3-5,7H2,1-2H3. The van der Waals surface area contributed by atoms with Gasteiger partial charge in [-0.05, 0) is 6.42 Å². The van der Waals surface area contributed by atoms with Gasteiger partial charge in [0, 0.05) is 31.7 Å². The van der Waals surface area contributed by atoms with E-state index in [9.17, 15) is 0 Å². The summed E-state index contributed by atoms with van der Waals surface area (Å²) in [6, 6.07) is 2.40. The molecule has 0 spiro atoms. The Morgan fingerprint density at radius 3 is 3.19 bits per heavy atom. The van der Waals surface area contributed by atoms with E-state index in [0.29, 0.717) is 11.9 Å². The Hall–Kier alpha value is -1.36. The van der Waals surface area contributed by atoms with Crippen molar-refractivity contribution in [3.63, 3.8) is 0 Å². The Kier molecular flexibility index (Phi) is 3.56. The fourth-order valence-corrected chi connectivity index (χ4v) is 2.03. The van der Waals surface area contributed by atoms with Crippen molar-refractivity contribution in [1.29, 1.82) is 0 Å². The number of anilines is 1. The summed E-state index contributed by atoms with van der Waals surface area (Å²) >= 11 is 0. The number of hydrogen-bond acceptors (Lipinski definition) is 5. The van der Waals surface area contributed by atoms with E-state index < -0.39 is 0 Å². The highest BCUT2D eigenvalue weighted by atomic mass is 16.5. The molecule has 1 atom stereocenters. The van der Waals surface area contributed by atoms with Gasteiger partial charge in [-0.1, -0.05) is 6.92 Å². The lowest BCUT2D eigenvalue weighted by Gasteiger charge is -2.36. The molecule has 1 aromatic rings. The smallest absolute Gasteiger partial charge is 0.218 e. The molecule has 0 aliphatic carbocycles. The highest BCUT2D eigenvalue weighted by molar-refractivity contribution is 5.42. The monoisotopic (exact) mass is 222 g/mol. The molecule has 0 amide bonds. The van der Waals surface area contributed by atoms with E-state index in [1.54, 1.807) is 13.4 Å². The van der Waals surface area contributed by atoms with Crippen LogP contribution in [0.2, 0.25) is 0 Å². The quantitative estimate of drug-likeness (QED) is 0.814. The number of rotatable bonds is 3. The molecule has 0 aromatic carbocycles. The first-order chi connectivity index (χ1) is 7.85. The molecule has 2 heterocycles. The molecule has 1 fully saturated rings. The first-order valence-corrected chi connectivity index (χ1v) is 5.68. The average molecular weight is 222 g/mol. The molecule has 5 nitrogen and oxygen atoms in total. The predicted octanol–water partition coefficient (Wildman–Crippen LogP) is 0.673. The Morgan fingerprint density at radius 1 is 1.56 bits per heavy atom. The van der Waals surface area contributed by atoms with Gasteiger partial charge in [0.15, 0.2) is 0 Å². The van der Waals surface area contributed by atoms with Gasteiger partial charge < -0.3 is 15.0 Å². The average Bonchev–Trinajstić information content (AvgIpc) is 2.38. The van der Waals surface area contributed by atoms with Crippen molar-refractivity contribution >= 4 is 5.82 Å². The fourth-order valence-electron chi connectivity index (χ4n) is 2.03. The van der Waals surface area contributed by atoms with Gasteiger partial charge in [-0.15, -0.1) is 0 Å². The molecule has 0 bridgehead atoms. The van der Waals surface area contributed by atoms with Crippen molar-refractivity contribution in [3.8, 4) is 5.88 Å². The van der Waals surface area contributed by atoms with Crippen LogP contribution in [-0.2, 0) is 0 Å². The number of piperazine rings is 1. The Morgan fingerprint density at radius 2 is 2.44 bits per heavy atom. The second-order valence-electron chi connectivity index (χ2n) is 3.88. The minimum atomic E-state index is 0.508. The summed E-state index contributed by atoms with van der Waals surface area (Å²) in [4.78, 5) is 10.7. The summed E-state index contributed by atoms with van der Waals surface area (Å²) in [7, 11) is 1.63. The van der Waals surface area contributed by atoms with Crippen molar-refractivity contribution < 1.29 is 4.74 Å². The lowest BCUT2D eigenvalue weighted by molar-refractivity contribution is 0.395. The van der Waals surface area contributed by atoms with Crippen molar-refractivity contribution in [2.24, 2.45) is 0 Å². The van der Waals surface area contributed by atoms with Gasteiger partial charge in [0.25, 0.3) is 0 Å². The molecule has 1 unspecified atom stereocenters. The van der Waals surface area contributed by atoms with E-state index >= 15 is 0 Å². The fraction of sp³-hybridized carbons (Fsp3) is 0.636. The molecular weight excluding hydrogens is 204 g/mol. The molecule has 2 rings (SSSR count). The Labute approximate surface area is 95.8 Å². The van der Waals surface area contributed by atoms with E-state index in [-0.39, 0.29) is 0 Å². The van der Waals surface area contributed by atoms with E-state index in [2.05, 4.69) is 27.1 Å². The molecule has 16 heavy (non-hydrogen) atoms. The maximum absolute atomic E-state index is 5.12. The summed E-state index contributed by atoms with van der Waals surface area (Å²) in [5.41, 5.74) is 0. The van der Waals surface area contributed by atoms with Crippen LogP contribution in [0.25, 0.3) is 0 Å². The number of aromatic nitrogens is 2. The maximum atomic E-state index is 5.12. The number of methoxy groups -OCH3 is 1. The molecule has 0 radical (unpaired) electrons. The zero-order valence-corrected chi connectivity index (χ0v) is 9.81. The zero-order valence-electron chi connectivity index (χ0n) is 9.81. The van der Waals surface area contributed by atoms with Crippen LogP contribution in [0.1, 0.15) is 13.3 Å². The first-order valence-electron chi connectivity index (χ1n) is 5.68. The van der Waals surface area contributed by atoms with Crippen molar-refractivity contribution in [2.45, 2.75) is 19.4 Å². The number of nitrogens with one attached hydrogen (secondary N) is 1. The Bertz CT molecular complexity index is 345. The van der Waals surface area contributed by atoms with Crippen LogP contribution in [0.4, 0.5) is 5.82 Å². The topological polar surface area (TPSA) is 50.3 Å². The van der Waals surface area contributed by atoms with Gasteiger partial charge in [0.2, 0.25) is 5.88 Å². The number of ether oxygens (including phenoxy) is 1. The van der Waals surface area contributed by atoms with Crippen LogP contribution >= 0.6 is 0 Å². The van der Waals surface area contributed by atoms with Gasteiger partial charge in [-0.25, -0.2) is 9.97 Å². The molecular formula is C11H18N4O. The molecule has 5 heteroatoms. The largest absolute Gasteiger partial charge is 0.481 e. The third-order valence-electron chi connectivity index (χ3n) is 2.95. The van der Waals surface area contributed by atoms with Crippen molar-refractivity contribution in [2.75, 3.05) is 31.6 Å². The van der Waals surface area contributed by atoms with Crippen molar-refractivity contribution in [1.82, 2.24) is 15.3 Å². The van der Waals surface area contributed by atoms with E-state index in [0.717, 1.165) is 31.9 Å². The van der Waals surface area contributed by atoms with Crippen LogP contribution < -0.4 is 15.0 Å². The lowest BCUT2D eigenvalue weighted by atomic mass is 10.1. The van der Waals surface area contributed by atoms with Crippen LogP contribution in [0, 0.1) is 0 Å². The van der Waals surface area contributed by atoms with Crippen LogP contribution in [0.15, 0.2) is 12.4 Å². The van der Waals surface area contributed by atoms with Crippen molar-refractivity contribution in [3.05, 3.63) is 12.4 Å². The van der Waals surface area contributed by atoms with Gasteiger partial charge in [0.1, 0.15) is 12.1 Å². The second-order valence-corrected chi connectivity index (χ2v) is 3.88. The minimum Gasteiger partial charge on any atom is -0.481 e. The van der Waals surface area contributed by atoms with Crippen LogP contribution in [0.3, 0.4) is 0 Å². The van der Waals surface area contributed by atoms with Crippen LogP contribution in [0.5, 0.6) is 5.88 Å². The maximum Gasteiger partial charge on any atom is 0.218 e. The van der Waals surface area contributed by atoms with Gasteiger partial charge in [-0.2, -0.15) is 0 Å². The summed E-state index contributed by atoms with van der Waals surface area (Å²) < 4.78 is 5.12. The summed E-state index contributed by atoms with van der Waals surface area (Å²) in [5, 5.41) is 3.40. The van der Waals surface area contributed by atoms with E-state index in [1.165, 1.54) is 0 Å². The summed E-state index contributed by atoms with van der Waals surface area (Å²) in [6.07, 6.45) is 2.67. The Balaban J connectivity index is 2.20. The van der Waals surface area contributed by atoms with Crippen LogP contribution in [-0.4, -0.2) is 42.8 Å². The predicted molar refractivity (Wildman–Crippen MR) is 62.9 cm³/mol. The number of hydrogen-bond donors (Lipinski definition) is 1. The summed E-state index contributed by atoms with van der Waals surface area (Å²) in [6.45, 7) is 5.20. The molecule has 88 valence electrons. The first kappa shape index (κ1) is 11.1. The lowest BCUT2D eigenvalue weighted by Crippen LogP contribution is -2.51. The molecule has 1 aromatic heterocycles. The molecule has 1 aliphatic heterocycles. The third kappa shape index (κ3) is 2.24. The second kappa shape index (κ2) is 5.12. The van der Waals surface area contributed by atoms with E-state index in [4.69, 9.17) is 4.74 Å². The highest BCUT2D eigenvalue weighted by Gasteiger charge is 2.21. The highest BCUT2D eigenvalue weighted by Crippen LogP contribution is 2.19. The molecule has 1 saturated heterocycles. The number of nitrogens with zero attached hydrogens (tertiary/aromatic N) is 3.